The molecule has 3 nitrogen and oxygen atoms in total. The van der Waals surface area contributed by atoms with Gasteiger partial charge < -0.3 is 5.11 Å². The van der Waals surface area contributed by atoms with Crippen LogP contribution in [0, 0.1) is 5.41 Å². The molecule has 0 aliphatic heterocycles. The summed E-state index contributed by atoms with van der Waals surface area (Å²) in [5.74, 6) is -0.306. The number of carbonyl (C=O) groups is 1. The number of Topliss-reactive ketones (excluding diaryl/α,β-unsaturated/α-hetero) is 1. The van der Waals surface area contributed by atoms with Crippen molar-refractivity contribution in [2.45, 2.75) is 0 Å². The van der Waals surface area contributed by atoms with Crippen LogP contribution in [0.2, 0.25) is 0 Å². The van der Waals surface area contributed by atoms with E-state index in [4.69, 9.17) is 5.41 Å². The Kier molecular flexibility index (Phi) is 2.21. The lowest BCUT2D eigenvalue weighted by Crippen LogP contribution is -2.14. The predicted molar refractivity (Wildman–Crippen MR) is 58.0 cm³/mol. The molecule has 15 heavy (non-hydrogen) atoms. The lowest BCUT2D eigenvalue weighted by molar-refractivity contribution is -0.108. The molecule has 0 radical (unpaired) electrons. The van der Waals surface area contributed by atoms with Gasteiger partial charge in [-0.2, -0.15) is 0 Å². The standard InChI is InChI=1S/C12H9NO2/c13-10-6-3-5-9(12(10)15)8-4-1-2-7-11(8)14/h1-7,13-14H. The first-order valence-corrected chi connectivity index (χ1v) is 4.50. The van der Waals surface area contributed by atoms with Crippen molar-refractivity contribution >= 4 is 17.1 Å². The van der Waals surface area contributed by atoms with Gasteiger partial charge in [0.05, 0.1) is 0 Å². The van der Waals surface area contributed by atoms with E-state index in [-0.39, 0.29) is 17.2 Å². The Labute approximate surface area is 86.9 Å². The van der Waals surface area contributed by atoms with E-state index in [0.29, 0.717) is 11.1 Å². The van der Waals surface area contributed by atoms with Crippen molar-refractivity contribution in [3.05, 3.63) is 48.1 Å². The van der Waals surface area contributed by atoms with E-state index < -0.39 is 0 Å². The highest BCUT2D eigenvalue weighted by Gasteiger charge is 2.19. The molecule has 0 saturated heterocycles. The molecule has 0 unspecified atom stereocenters. The highest BCUT2D eigenvalue weighted by molar-refractivity contribution is 6.58. The Morgan fingerprint density at radius 2 is 1.93 bits per heavy atom. The summed E-state index contributed by atoms with van der Waals surface area (Å²) in [6.45, 7) is 0. The molecule has 0 amide bonds. The fourth-order valence-electron chi connectivity index (χ4n) is 1.45. The second kappa shape index (κ2) is 3.53. The van der Waals surface area contributed by atoms with Crippen LogP contribution < -0.4 is 0 Å². The molecule has 3 heteroatoms. The third-order valence-electron chi connectivity index (χ3n) is 2.21. The second-order valence-electron chi connectivity index (χ2n) is 3.20. The van der Waals surface area contributed by atoms with Crippen LogP contribution in [0.1, 0.15) is 5.56 Å². The average molecular weight is 199 g/mol. The van der Waals surface area contributed by atoms with Crippen molar-refractivity contribution in [3.63, 3.8) is 0 Å². The first kappa shape index (κ1) is 9.40. The van der Waals surface area contributed by atoms with Gasteiger partial charge in [0.2, 0.25) is 5.78 Å². The number of ketones is 1. The number of aromatic hydroxyl groups is 1. The van der Waals surface area contributed by atoms with Crippen LogP contribution in [0.5, 0.6) is 5.75 Å². The molecule has 2 N–H and O–H groups in total. The van der Waals surface area contributed by atoms with E-state index in [9.17, 15) is 9.90 Å². The molecule has 0 heterocycles. The molecule has 0 fully saturated rings. The van der Waals surface area contributed by atoms with E-state index >= 15 is 0 Å². The summed E-state index contributed by atoms with van der Waals surface area (Å²) < 4.78 is 0. The van der Waals surface area contributed by atoms with Crippen molar-refractivity contribution in [1.82, 2.24) is 0 Å². The Bertz CT molecular complexity index is 498. The maximum Gasteiger partial charge on any atom is 0.211 e. The SMILES string of the molecule is N=C1C=CC=C(c2ccccc2O)C1=O. The van der Waals surface area contributed by atoms with Crippen LogP contribution >= 0.6 is 0 Å². The Balaban J connectivity index is 2.53. The highest BCUT2D eigenvalue weighted by Crippen LogP contribution is 2.26. The van der Waals surface area contributed by atoms with Crippen LogP contribution in [-0.2, 0) is 4.79 Å². The molecule has 1 aromatic carbocycles. The molecule has 74 valence electrons. The van der Waals surface area contributed by atoms with Gasteiger partial charge >= 0.3 is 0 Å². The molecule has 1 aliphatic rings. The maximum atomic E-state index is 11.6. The van der Waals surface area contributed by atoms with Crippen molar-refractivity contribution in [2.75, 3.05) is 0 Å². The number of para-hydroxylation sites is 1. The van der Waals surface area contributed by atoms with E-state index in [1.54, 1.807) is 30.4 Å². The molecule has 0 bridgehead atoms. The van der Waals surface area contributed by atoms with Crippen molar-refractivity contribution in [3.8, 4) is 5.75 Å². The van der Waals surface area contributed by atoms with Gasteiger partial charge in [-0.3, -0.25) is 10.2 Å². The first-order valence-electron chi connectivity index (χ1n) is 4.50. The lowest BCUT2D eigenvalue weighted by Gasteiger charge is -2.09. The third kappa shape index (κ3) is 1.59. The molecular weight excluding hydrogens is 190 g/mol. The Morgan fingerprint density at radius 3 is 2.67 bits per heavy atom. The van der Waals surface area contributed by atoms with E-state index in [1.807, 2.05) is 0 Å². The minimum Gasteiger partial charge on any atom is -0.507 e. The van der Waals surface area contributed by atoms with Crippen molar-refractivity contribution < 1.29 is 9.90 Å². The number of allylic oxidation sites excluding steroid dienone is 4. The number of rotatable bonds is 1. The number of phenolic OH excluding ortho intramolecular Hbond substituents is 1. The highest BCUT2D eigenvalue weighted by atomic mass is 16.3. The summed E-state index contributed by atoms with van der Waals surface area (Å²) in [5.41, 5.74) is 0.771. The maximum absolute atomic E-state index is 11.6. The molecule has 0 saturated carbocycles. The van der Waals surface area contributed by atoms with Gasteiger partial charge in [-0.1, -0.05) is 30.4 Å². The molecule has 1 aromatic rings. The monoisotopic (exact) mass is 199 g/mol. The normalized spacial score (nSPS) is 15.3. The van der Waals surface area contributed by atoms with Crippen molar-refractivity contribution in [1.29, 1.82) is 5.41 Å². The minimum atomic E-state index is -0.362. The van der Waals surface area contributed by atoms with Gasteiger partial charge in [-0.05, 0) is 12.1 Å². The zero-order valence-corrected chi connectivity index (χ0v) is 7.90. The number of hydrogen-bond acceptors (Lipinski definition) is 3. The molecule has 2 rings (SSSR count). The van der Waals surface area contributed by atoms with Gasteiger partial charge in [-0.25, -0.2) is 0 Å². The van der Waals surface area contributed by atoms with Crippen molar-refractivity contribution in [2.24, 2.45) is 0 Å². The predicted octanol–water partition coefficient (Wildman–Crippen LogP) is 1.93. The van der Waals surface area contributed by atoms with E-state index in [1.165, 1.54) is 12.1 Å². The fourth-order valence-corrected chi connectivity index (χ4v) is 1.45. The molecule has 1 aliphatic carbocycles. The zero-order valence-electron chi connectivity index (χ0n) is 7.90. The first-order chi connectivity index (χ1) is 7.20. The summed E-state index contributed by atoms with van der Waals surface area (Å²) in [4.78, 5) is 11.6. The molecule has 0 spiro atoms. The summed E-state index contributed by atoms with van der Waals surface area (Å²) in [7, 11) is 0. The van der Waals surface area contributed by atoms with Gasteiger partial charge in [-0.15, -0.1) is 0 Å². The second-order valence-corrected chi connectivity index (χ2v) is 3.20. The van der Waals surface area contributed by atoms with Gasteiger partial charge in [0.25, 0.3) is 0 Å². The van der Waals surface area contributed by atoms with E-state index in [0.717, 1.165) is 0 Å². The number of carbonyl (C=O) groups excluding carboxylic acids is 1. The zero-order chi connectivity index (χ0) is 10.8. The fraction of sp³-hybridized carbons (Fsp3) is 0. The van der Waals surface area contributed by atoms with Gasteiger partial charge in [0.1, 0.15) is 11.5 Å². The Hall–Kier alpha value is -2.16. The topological polar surface area (TPSA) is 61.1 Å². The summed E-state index contributed by atoms with van der Waals surface area (Å²) in [5, 5.41) is 17.0. The largest absolute Gasteiger partial charge is 0.507 e. The average Bonchev–Trinajstić information content (AvgIpc) is 2.23. The minimum absolute atomic E-state index is 0.0557. The number of benzene rings is 1. The number of hydrogen-bond donors (Lipinski definition) is 2. The lowest BCUT2D eigenvalue weighted by atomic mass is 9.94. The van der Waals surface area contributed by atoms with Gasteiger partial charge in [0.15, 0.2) is 0 Å². The summed E-state index contributed by atoms with van der Waals surface area (Å²) in [6, 6.07) is 6.61. The van der Waals surface area contributed by atoms with Crippen LogP contribution in [0.25, 0.3) is 5.57 Å². The van der Waals surface area contributed by atoms with Crippen LogP contribution in [-0.4, -0.2) is 16.6 Å². The quantitative estimate of drug-likeness (QED) is 0.679. The smallest absolute Gasteiger partial charge is 0.211 e. The third-order valence-corrected chi connectivity index (χ3v) is 2.21. The number of nitrogens with one attached hydrogen (secondary N) is 1. The molecule has 0 atom stereocenters. The van der Waals surface area contributed by atoms with Crippen LogP contribution in [0.3, 0.4) is 0 Å². The summed E-state index contributed by atoms with van der Waals surface area (Å²) in [6.07, 6.45) is 4.67. The number of phenols is 1. The van der Waals surface area contributed by atoms with Crippen LogP contribution in [0.4, 0.5) is 0 Å². The van der Waals surface area contributed by atoms with Crippen LogP contribution in [0.15, 0.2) is 42.5 Å². The molecule has 0 aromatic heterocycles. The van der Waals surface area contributed by atoms with E-state index in [2.05, 4.69) is 0 Å². The molecular formula is C12H9NO2. The summed E-state index contributed by atoms with van der Waals surface area (Å²) >= 11 is 0. The Morgan fingerprint density at radius 1 is 1.20 bits per heavy atom. The van der Waals surface area contributed by atoms with Gasteiger partial charge in [0, 0.05) is 11.1 Å².